The van der Waals surface area contributed by atoms with Gasteiger partial charge < -0.3 is 4.74 Å². The van der Waals surface area contributed by atoms with Crippen molar-refractivity contribution in [3.05, 3.63) is 0 Å². The third-order valence-corrected chi connectivity index (χ3v) is 3.75. The monoisotopic (exact) mass is 198 g/mol. The summed E-state index contributed by atoms with van der Waals surface area (Å²) in [7, 11) is 1.49. The Balaban J connectivity index is 2.53. The molecule has 0 radical (unpaired) electrons. The van der Waals surface area contributed by atoms with Crippen molar-refractivity contribution in [2.24, 2.45) is 17.3 Å². The van der Waals surface area contributed by atoms with Crippen LogP contribution in [0.5, 0.6) is 0 Å². The largest absolute Gasteiger partial charge is 0.469 e. The molecule has 0 atom stereocenters. The molecule has 0 bridgehead atoms. The normalized spacial score (nSPS) is 33.1. The molecule has 0 saturated heterocycles. The van der Waals surface area contributed by atoms with Crippen molar-refractivity contribution in [3.63, 3.8) is 0 Å². The highest BCUT2D eigenvalue weighted by atomic mass is 16.5. The zero-order valence-electron chi connectivity index (χ0n) is 9.80. The second-order valence-corrected chi connectivity index (χ2v) is 5.13. The number of carbonyl (C=O) groups excluding carboxylic acids is 1. The summed E-state index contributed by atoms with van der Waals surface area (Å²) >= 11 is 0. The zero-order valence-corrected chi connectivity index (χ0v) is 9.80. The molecule has 1 aliphatic carbocycles. The topological polar surface area (TPSA) is 26.3 Å². The van der Waals surface area contributed by atoms with Gasteiger partial charge in [0.25, 0.3) is 0 Å². The molecule has 1 saturated carbocycles. The first kappa shape index (κ1) is 11.5. The maximum atomic E-state index is 11.5. The van der Waals surface area contributed by atoms with Gasteiger partial charge >= 0.3 is 5.97 Å². The second kappa shape index (κ2) is 4.33. The molecule has 2 nitrogen and oxygen atoms in total. The van der Waals surface area contributed by atoms with E-state index in [0.717, 1.165) is 24.7 Å². The summed E-state index contributed by atoms with van der Waals surface area (Å²) in [6.45, 7) is 6.58. The summed E-state index contributed by atoms with van der Waals surface area (Å²) in [6.07, 6.45) is 4.32. The highest BCUT2D eigenvalue weighted by Crippen LogP contribution is 2.41. The maximum absolute atomic E-state index is 11.5. The molecule has 0 aromatic rings. The minimum Gasteiger partial charge on any atom is -0.469 e. The third kappa shape index (κ3) is 2.28. The van der Waals surface area contributed by atoms with Gasteiger partial charge in [-0.05, 0) is 44.4 Å². The molecule has 0 N–H and O–H groups in total. The fraction of sp³-hybridized carbons (Fsp3) is 0.917. The van der Waals surface area contributed by atoms with Gasteiger partial charge in [0.05, 0.1) is 12.5 Å². The van der Waals surface area contributed by atoms with Crippen molar-refractivity contribution in [2.45, 2.75) is 46.5 Å². The fourth-order valence-electron chi connectivity index (χ4n) is 2.39. The summed E-state index contributed by atoms with van der Waals surface area (Å²) in [4.78, 5) is 11.5. The molecule has 82 valence electrons. The number of hydrogen-bond donors (Lipinski definition) is 0. The van der Waals surface area contributed by atoms with E-state index in [1.54, 1.807) is 0 Å². The van der Waals surface area contributed by atoms with E-state index in [1.807, 2.05) is 6.92 Å². The minimum atomic E-state index is -0.208. The van der Waals surface area contributed by atoms with Crippen LogP contribution < -0.4 is 0 Å². The van der Waals surface area contributed by atoms with Gasteiger partial charge in [-0.15, -0.1) is 0 Å². The fourth-order valence-corrected chi connectivity index (χ4v) is 2.39. The lowest BCUT2D eigenvalue weighted by atomic mass is 9.69. The predicted octanol–water partition coefficient (Wildman–Crippen LogP) is 3.01. The van der Waals surface area contributed by atoms with Crippen molar-refractivity contribution in [3.8, 4) is 0 Å². The van der Waals surface area contributed by atoms with E-state index in [2.05, 4.69) is 13.8 Å². The number of hydrogen-bond acceptors (Lipinski definition) is 2. The van der Waals surface area contributed by atoms with Crippen molar-refractivity contribution < 1.29 is 9.53 Å². The van der Waals surface area contributed by atoms with E-state index in [9.17, 15) is 4.79 Å². The van der Waals surface area contributed by atoms with Gasteiger partial charge in [-0.1, -0.05) is 13.8 Å². The number of ether oxygens (including phenoxy) is 1. The Bertz CT molecular complexity index is 200. The van der Waals surface area contributed by atoms with Gasteiger partial charge in [0.2, 0.25) is 0 Å². The molecule has 0 heterocycles. The molecule has 1 rings (SSSR count). The molecule has 14 heavy (non-hydrogen) atoms. The van der Waals surface area contributed by atoms with Gasteiger partial charge in [-0.2, -0.15) is 0 Å². The second-order valence-electron chi connectivity index (χ2n) is 5.13. The van der Waals surface area contributed by atoms with Crippen LogP contribution in [0.4, 0.5) is 0 Å². The zero-order chi connectivity index (χ0) is 10.8. The highest BCUT2D eigenvalue weighted by Gasteiger charge is 2.38. The summed E-state index contributed by atoms with van der Waals surface area (Å²) in [5.41, 5.74) is -0.208. The summed E-state index contributed by atoms with van der Waals surface area (Å²) in [5, 5.41) is 0. The molecule has 1 fully saturated rings. The van der Waals surface area contributed by atoms with Crippen LogP contribution >= 0.6 is 0 Å². The number of methoxy groups -OCH3 is 1. The first-order valence-corrected chi connectivity index (χ1v) is 5.58. The van der Waals surface area contributed by atoms with Gasteiger partial charge in [0.1, 0.15) is 0 Å². The van der Waals surface area contributed by atoms with Crippen LogP contribution in [0.25, 0.3) is 0 Å². The molecule has 0 aliphatic heterocycles. The Morgan fingerprint density at radius 1 is 1.36 bits per heavy atom. The van der Waals surface area contributed by atoms with Gasteiger partial charge in [0, 0.05) is 0 Å². The van der Waals surface area contributed by atoms with E-state index in [0.29, 0.717) is 0 Å². The third-order valence-electron chi connectivity index (χ3n) is 3.75. The van der Waals surface area contributed by atoms with E-state index in [4.69, 9.17) is 4.74 Å². The van der Waals surface area contributed by atoms with Crippen LogP contribution in [0, 0.1) is 17.3 Å². The lowest BCUT2D eigenvalue weighted by Crippen LogP contribution is -2.34. The van der Waals surface area contributed by atoms with Crippen molar-refractivity contribution in [1.82, 2.24) is 0 Å². The Labute approximate surface area is 87.0 Å². The van der Waals surface area contributed by atoms with Gasteiger partial charge in [-0.3, -0.25) is 4.79 Å². The molecule has 0 unspecified atom stereocenters. The van der Waals surface area contributed by atoms with E-state index in [-0.39, 0.29) is 11.4 Å². The summed E-state index contributed by atoms with van der Waals surface area (Å²) < 4.78 is 4.85. The molecular formula is C12H22O2. The average Bonchev–Trinajstić information content (AvgIpc) is 2.17. The Kier molecular flexibility index (Phi) is 3.57. The highest BCUT2D eigenvalue weighted by molar-refractivity contribution is 5.76. The lowest BCUT2D eigenvalue weighted by molar-refractivity contribution is -0.154. The summed E-state index contributed by atoms with van der Waals surface area (Å²) in [5.74, 6) is 1.52. The van der Waals surface area contributed by atoms with Crippen LogP contribution in [0.3, 0.4) is 0 Å². The Hall–Kier alpha value is -0.530. The minimum absolute atomic E-state index is 0.0280. The average molecular weight is 198 g/mol. The van der Waals surface area contributed by atoms with Crippen LogP contribution in [0.2, 0.25) is 0 Å². The Morgan fingerprint density at radius 3 is 2.21 bits per heavy atom. The number of esters is 1. The van der Waals surface area contributed by atoms with Crippen LogP contribution in [0.1, 0.15) is 46.5 Å². The molecular weight excluding hydrogens is 176 g/mol. The van der Waals surface area contributed by atoms with E-state index in [1.165, 1.54) is 20.0 Å². The molecule has 1 aliphatic rings. The molecule has 0 spiro atoms. The summed E-state index contributed by atoms with van der Waals surface area (Å²) in [6, 6.07) is 0. The molecule has 2 heteroatoms. The van der Waals surface area contributed by atoms with E-state index < -0.39 is 0 Å². The van der Waals surface area contributed by atoms with Crippen LogP contribution in [-0.4, -0.2) is 13.1 Å². The van der Waals surface area contributed by atoms with Crippen molar-refractivity contribution >= 4 is 5.97 Å². The van der Waals surface area contributed by atoms with Gasteiger partial charge in [0.15, 0.2) is 0 Å². The first-order chi connectivity index (χ1) is 6.49. The number of carbonyl (C=O) groups is 1. The predicted molar refractivity (Wildman–Crippen MR) is 56.9 cm³/mol. The van der Waals surface area contributed by atoms with Crippen molar-refractivity contribution in [1.29, 1.82) is 0 Å². The van der Waals surface area contributed by atoms with Crippen LogP contribution in [-0.2, 0) is 9.53 Å². The molecule has 0 amide bonds. The Morgan fingerprint density at radius 2 is 1.86 bits per heavy atom. The van der Waals surface area contributed by atoms with E-state index >= 15 is 0 Å². The lowest BCUT2D eigenvalue weighted by Gasteiger charge is -2.36. The number of rotatable bonds is 2. The SMILES string of the molecule is COC(=O)[C@]1(C)CC[C@H](C(C)C)CC1. The molecule has 0 aromatic carbocycles. The molecule has 0 aromatic heterocycles. The maximum Gasteiger partial charge on any atom is 0.311 e. The standard InChI is InChI=1S/C12H22O2/c1-9(2)10-5-7-12(3,8-6-10)11(13)14-4/h9-10H,5-8H2,1-4H3/t10-,12+. The first-order valence-electron chi connectivity index (χ1n) is 5.58. The van der Waals surface area contributed by atoms with Crippen LogP contribution in [0.15, 0.2) is 0 Å². The van der Waals surface area contributed by atoms with Gasteiger partial charge in [-0.25, -0.2) is 0 Å². The smallest absolute Gasteiger partial charge is 0.311 e. The quantitative estimate of drug-likeness (QED) is 0.637. The van der Waals surface area contributed by atoms with Crippen molar-refractivity contribution in [2.75, 3.05) is 7.11 Å².